The number of hydrogen-bond donors (Lipinski definition) is 10. The van der Waals surface area contributed by atoms with Crippen LogP contribution < -0.4 is 14.2 Å². The molecule has 17 heteroatoms. The molecule has 11 atom stereocenters. The molecule has 5 rings (SSSR count). The molecule has 0 bridgehead atoms. The molecule has 3 aliphatic heterocycles. The Bertz CT molecular complexity index is 1390. The second-order valence-corrected chi connectivity index (χ2v) is 10.9. The van der Waals surface area contributed by atoms with Gasteiger partial charge in [0.1, 0.15) is 65.9 Å². The average molecular weight is 658 g/mol. The van der Waals surface area contributed by atoms with Gasteiger partial charge in [0.25, 0.3) is 11.9 Å². The third kappa shape index (κ3) is 6.21. The lowest BCUT2D eigenvalue weighted by Gasteiger charge is -2.40. The molecule has 0 aliphatic carbocycles. The minimum absolute atomic E-state index is 0.00471. The van der Waals surface area contributed by atoms with E-state index < -0.39 is 86.5 Å². The van der Waals surface area contributed by atoms with E-state index in [4.69, 9.17) is 28.4 Å². The first-order valence-corrected chi connectivity index (χ1v) is 14.1. The number of rotatable bonds is 9. The number of ether oxygens (including phenoxy) is 7. The maximum absolute atomic E-state index is 11.0. The van der Waals surface area contributed by atoms with Gasteiger partial charge in [0.15, 0.2) is 17.3 Å². The standard InChI is InChI=1S/C29H36O17/c1-40-15-3-10(4-16(41-2)20(15)33)27-17(44-29-26(39)24(37)22(35)19(9-31)46-29)7-12-13(32)5-11(6-14(12)43-27)42-28-25(38)23(36)21(34)18(8-30)45-28/h3-7,18-19,21-39H,8-9H2,1-2H3/p+1. The Balaban J connectivity index is 1.53. The summed E-state index contributed by atoms with van der Waals surface area (Å²) in [5.74, 6) is -0.736. The number of phenolic OH excluding ortho intramolecular Hbond substituents is 2. The number of benzene rings is 2. The predicted molar refractivity (Wildman–Crippen MR) is 151 cm³/mol. The molecule has 0 aromatic heterocycles. The van der Waals surface area contributed by atoms with Crippen molar-refractivity contribution in [3.63, 3.8) is 0 Å². The number of aliphatic hydroxyl groups excluding tert-OH is 8. The molecule has 0 saturated carbocycles. The van der Waals surface area contributed by atoms with E-state index in [1.165, 1.54) is 38.5 Å². The number of aromatic hydroxyl groups is 3. The smallest absolute Gasteiger partial charge is 0.270 e. The van der Waals surface area contributed by atoms with E-state index in [-0.39, 0.29) is 40.1 Å². The molecule has 2 aromatic carbocycles. The lowest BCUT2D eigenvalue weighted by atomic mass is 9.98. The van der Waals surface area contributed by atoms with Gasteiger partial charge in [-0.1, -0.05) is 0 Å². The fourth-order valence-electron chi connectivity index (χ4n) is 5.35. The lowest BCUT2D eigenvalue weighted by molar-refractivity contribution is -0.295. The molecule has 17 nitrogen and oxygen atoms in total. The highest BCUT2D eigenvalue weighted by Crippen LogP contribution is 2.48. The van der Waals surface area contributed by atoms with Crippen LogP contribution in [0.1, 0.15) is 17.2 Å². The van der Waals surface area contributed by atoms with Crippen molar-refractivity contribution in [1.82, 2.24) is 0 Å². The Morgan fingerprint density at radius 3 is 1.72 bits per heavy atom. The second-order valence-electron chi connectivity index (χ2n) is 10.9. The fraction of sp³-hybridized carbons (Fsp3) is 0.517. The van der Waals surface area contributed by atoms with Crippen LogP contribution in [0.5, 0.6) is 34.5 Å². The van der Waals surface area contributed by atoms with E-state index in [0.29, 0.717) is 5.56 Å². The highest BCUT2D eigenvalue weighted by Gasteiger charge is 2.47. The van der Waals surface area contributed by atoms with Gasteiger partial charge >= 0.3 is 0 Å². The van der Waals surface area contributed by atoms with E-state index in [9.17, 15) is 51.1 Å². The van der Waals surface area contributed by atoms with Gasteiger partial charge in [-0.3, -0.25) is 0 Å². The third-order valence-electron chi connectivity index (χ3n) is 7.95. The van der Waals surface area contributed by atoms with E-state index in [1.807, 2.05) is 0 Å². The first-order chi connectivity index (χ1) is 21.9. The average Bonchev–Trinajstić information content (AvgIpc) is 3.05. The van der Waals surface area contributed by atoms with Gasteiger partial charge in [-0.15, -0.1) is 0 Å². The van der Waals surface area contributed by atoms with Gasteiger partial charge in [0.05, 0.1) is 39.1 Å². The summed E-state index contributed by atoms with van der Waals surface area (Å²) < 4.78 is 37.8. The maximum atomic E-state index is 11.0. The molecule has 2 aromatic rings. The molecule has 11 unspecified atom stereocenters. The lowest BCUT2D eigenvalue weighted by Crippen LogP contribution is -2.60. The quantitative estimate of drug-likeness (QED) is 0.124. The molecular formula is C29H37O17+. The summed E-state index contributed by atoms with van der Waals surface area (Å²) in [6.45, 7) is -1.39. The number of aliphatic hydroxyl groups is 9. The van der Waals surface area contributed by atoms with Gasteiger partial charge in [-0.05, 0) is 12.1 Å². The van der Waals surface area contributed by atoms with Crippen molar-refractivity contribution < 1.29 is 84.2 Å². The molecule has 3 aliphatic rings. The Hall–Kier alpha value is -3.62. The molecule has 254 valence electrons. The summed E-state index contributed by atoms with van der Waals surface area (Å²) in [7, 11) is 2.63. The zero-order valence-corrected chi connectivity index (χ0v) is 24.5. The second kappa shape index (κ2) is 13.6. The zero-order valence-electron chi connectivity index (χ0n) is 24.5. The SMILES string of the molecule is COc1cc(C2[OH+]c3cc(OC4OC(CO)C(O)C(O)C4O)cc(O)c3C=C2OC2OC(CO)C(O)C(O)C2O)cc(OC)c1O. The number of methoxy groups -OCH3 is 2. The highest BCUT2D eigenvalue weighted by molar-refractivity contribution is 5.70. The van der Waals surface area contributed by atoms with Crippen LogP contribution in [0.3, 0.4) is 0 Å². The molecule has 11 N–H and O–H groups in total. The van der Waals surface area contributed by atoms with Crippen LogP contribution in [0.4, 0.5) is 0 Å². The van der Waals surface area contributed by atoms with Crippen molar-refractivity contribution in [1.29, 1.82) is 0 Å². The van der Waals surface area contributed by atoms with Crippen molar-refractivity contribution in [3.8, 4) is 34.5 Å². The third-order valence-corrected chi connectivity index (χ3v) is 7.95. The molecule has 2 saturated heterocycles. The highest BCUT2D eigenvalue weighted by atomic mass is 16.7. The summed E-state index contributed by atoms with van der Waals surface area (Å²) in [6.07, 6.45) is -15.7. The maximum Gasteiger partial charge on any atom is 0.270 e. The summed E-state index contributed by atoms with van der Waals surface area (Å²) in [6, 6.07) is 5.36. The van der Waals surface area contributed by atoms with Gasteiger partial charge in [0, 0.05) is 12.1 Å². The summed E-state index contributed by atoms with van der Waals surface area (Å²) in [5.41, 5.74) is 0.405. The Morgan fingerprint density at radius 1 is 0.696 bits per heavy atom. The van der Waals surface area contributed by atoms with Crippen molar-refractivity contribution >= 4 is 6.08 Å². The number of fused-ring (bicyclic) bond motifs is 1. The summed E-state index contributed by atoms with van der Waals surface area (Å²) in [4.78, 5) is 0. The summed E-state index contributed by atoms with van der Waals surface area (Å²) in [5, 5.41) is 102. The molecule has 2 fully saturated rings. The number of phenols is 2. The van der Waals surface area contributed by atoms with Crippen molar-refractivity contribution in [2.24, 2.45) is 0 Å². The molecule has 0 spiro atoms. The Kier molecular flexibility index (Phi) is 9.99. The van der Waals surface area contributed by atoms with Crippen LogP contribution in [0, 0.1) is 0 Å². The van der Waals surface area contributed by atoms with Gasteiger partial charge in [-0.2, -0.15) is 0 Å². The van der Waals surface area contributed by atoms with E-state index in [2.05, 4.69) is 4.74 Å². The Labute approximate surface area is 261 Å². The molecule has 3 heterocycles. The molecule has 46 heavy (non-hydrogen) atoms. The van der Waals surface area contributed by atoms with Crippen LogP contribution in [-0.4, -0.2) is 145 Å². The van der Waals surface area contributed by atoms with Crippen molar-refractivity contribution in [2.45, 2.75) is 67.5 Å². The Morgan fingerprint density at radius 2 is 1.22 bits per heavy atom. The topological polar surface area (TPSA) is 270 Å². The summed E-state index contributed by atoms with van der Waals surface area (Å²) >= 11 is 0. The van der Waals surface area contributed by atoms with E-state index in [0.717, 1.165) is 6.07 Å². The molecule has 0 amide bonds. The largest absolute Gasteiger partial charge is 0.571 e. The minimum Gasteiger partial charge on any atom is -0.571 e. The van der Waals surface area contributed by atoms with Crippen molar-refractivity contribution in [3.05, 3.63) is 41.2 Å². The van der Waals surface area contributed by atoms with Gasteiger partial charge in [0.2, 0.25) is 18.3 Å². The first kappa shape index (κ1) is 33.7. The van der Waals surface area contributed by atoms with E-state index >= 15 is 0 Å². The van der Waals surface area contributed by atoms with Gasteiger partial charge in [-0.25, -0.2) is 0 Å². The van der Waals surface area contributed by atoms with Crippen LogP contribution in [0.15, 0.2) is 30.0 Å². The minimum atomic E-state index is -1.77. The number of hydrogen-bond acceptors (Lipinski definition) is 16. The predicted octanol–water partition coefficient (Wildman–Crippen LogP) is -2.55. The monoisotopic (exact) mass is 657 g/mol. The molecule has 0 radical (unpaired) electrons. The fourth-order valence-corrected chi connectivity index (χ4v) is 5.35. The van der Waals surface area contributed by atoms with Crippen LogP contribution in [-0.2, 0) is 14.2 Å². The van der Waals surface area contributed by atoms with Crippen LogP contribution in [0.2, 0.25) is 0 Å². The molecular weight excluding hydrogens is 620 g/mol. The normalized spacial score (nSPS) is 34.1. The van der Waals surface area contributed by atoms with Gasteiger partial charge < -0.3 is 84.2 Å². The van der Waals surface area contributed by atoms with Crippen molar-refractivity contribution in [2.75, 3.05) is 27.4 Å². The van der Waals surface area contributed by atoms with Crippen LogP contribution in [0.25, 0.3) is 6.08 Å². The van der Waals surface area contributed by atoms with Crippen LogP contribution >= 0.6 is 0 Å². The first-order valence-electron chi connectivity index (χ1n) is 14.1. The zero-order chi connectivity index (χ0) is 33.4. The van der Waals surface area contributed by atoms with E-state index in [1.54, 1.807) is 0 Å².